The maximum Gasteiger partial charge on any atom is 0.0705 e. The van der Waals surface area contributed by atoms with E-state index >= 15 is 0 Å². The lowest BCUT2D eigenvalue weighted by atomic mass is 9.93. The summed E-state index contributed by atoms with van der Waals surface area (Å²) in [6, 6.07) is 19.5. The van der Waals surface area contributed by atoms with Crippen LogP contribution in [0, 0.1) is 13.8 Å². The Labute approximate surface area is 139 Å². The second-order valence-electron chi connectivity index (χ2n) is 6.48. The van der Waals surface area contributed by atoms with Gasteiger partial charge in [0.1, 0.15) is 0 Å². The SMILES string of the molecule is Cc1cccc(C)c1-c1cccc(-c2cc(C(C)C)ccn2)c1. The first-order valence-electron chi connectivity index (χ1n) is 8.19. The van der Waals surface area contributed by atoms with Crippen LogP contribution in [0.2, 0.25) is 0 Å². The van der Waals surface area contributed by atoms with E-state index in [1.807, 2.05) is 6.20 Å². The molecule has 2 aromatic carbocycles. The lowest BCUT2D eigenvalue weighted by Crippen LogP contribution is -1.92. The van der Waals surface area contributed by atoms with Crippen molar-refractivity contribution in [3.05, 3.63) is 77.5 Å². The Morgan fingerprint density at radius 1 is 0.783 bits per heavy atom. The fraction of sp³-hybridized carbons (Fsp3) is 0.227. The summed E-state index contributed by atoms with van der Waals surface area (Å²) in [6.07, 6.45) is 1.91. The third kappa shape index (κ3) is 3.19. The van der Waals surface area contributed by atoms with Gasteiger partial charge in [0.2, 0.25) is 0 Å². The molecule has 0 saturated carbocycles. The molecule has 1 heterocycles. The fourth-order valence-electron chi connectivity index (χ4n) is 3.07. The third-order valence-electron chi connectivity index (χ3n) is 4.38. The minimum Gasteiger partial charge on any atom is -0.256 e. The van der Waals surface area contributed by atoms with Gasteiger partial charge >= 0.3 is 0 Å². The van der Waals surface area contributed by atoms with Gasteiger partial charge in [-0.1, -0.05) is 50.2 Å². The molecule has 116 valence electrons. The van der Waals surface area contributed by atoms with E-state index < -0.39 is 0 Å². The van der Waals surface area contributed by atoms with Gasteiger partial charge in [-0.15, -0.1) is 0 Å². The van der Waals surface area contributed by atoms with Crippen molar-refractivity contribution in [1.82, 2.24) is 4.98 Å². The van der Waals surface area contributed by atoms with Crippen molar-refractivity contribution >= 4 is 0 Å². The molecule has 3 rings (SSSR count). The van der Waals surface area contributed by atoms with Crippen LogP contribution in [-0.2, 0) is 0 Å². The average molecular weight is 301 g/mol. The number of rotatable bonds is 3. The normalized spacial score (nSPS) is 11.0. The predicted molar refractivity (Wildman–Crippen MR) is 98.7 cm³/mol. The van der Waals surface area contributed by atoms with Gasteiger partial charge in [0.05, 0.1) is 5.69 Å². The molecule has 0 bridgehead atoms. The highest BCUT2D eigenvalue weighted by Gasteiger charge is 2.08. The van der Waals surface area contributed by atoms with Gasteiger partial charge in [0.15, 0.2) is 0 Å². The van der Waals surface area contributed by atoms with Crippen LogP contribution in [0.3, 0.4) is 0 Å². The van der Waals surface area contributed by atoms with E-state index in [1.54, 1.807) is 0 Å². The Hall–Kier alpha value is -2.41. The molecule has 0 amide bonds. The van der Waals surface area contributed by atoms with Crippen molar-refractivity contribution < 1.29 is 0 Å². The largest absolute Gasteiger partial charge is 0.256 e. The van der Waals surface area contributed by atoms with Crippen molar-refractivity contribution in [2.24, 2.45) is 0 Å². The molecule has 0 N–H and O–H groups in total. The molecule has 0 saturated heterocycles. The highest BCUT2D eigenvalue weighted by Crippen LogP contribution is 2.30. The summed E-state index contributed by atoms with van der Waals surface area (Å²) >= 11 is 0. The van der Waals surface area contributed by atoms with E-state index in [0.29, 0.717) is 5.92 Å². The van der Waals surface area contributed by atoms with Gasteiger partial charge in [-0.3, -0.25) is 4.98 Å². The summed E-state index contributed by atoms with van der Waals surface area (Å²) in [4.78, 5) is 4.57. The minimum absolute atomic E-state index is 0.513. The second kappa shape index (κ2) is 6.37. The number of hydrogen-bond donors (Lipinski definition) is 0. The molecule has 0 fully saturated rings. The first-order valence-corrected chi connectivity index (χ1v) is 8.19. The first-order chi connectivity index (χ1) is 11.1. The zero-order valence-corrected chi connectivity index (χ0v) is 14.3. The summed E-state index contributed by atoms with van der Waals surface area (Å²) in [5.41, 5.74) is 8.76. The molecule has 3 aromatic rings. The molecule has 0 aliphatic rings. The van der Waals surface area contributed by atoms with Crippen LogP contribution in [0.1, 0.15) is 36.5 Å². The van der Waals surface area contributed by atoms with Crippen molar-refractivity contribution in [2.75, 3.05) is 0 Å². The molecule has 1 heteroatoms. The quantitative estimate of drug-likeness (QED) is 0.565. The van der Waals surface area contributed by atoms with Crippen LogP contribution in [0.5, 0.6) is 0 Å². The van der Waals surface area contributed by atoms with Gasteiger partial charge in [-0.05, 0) is 65.8 Å². The van der Waals surface area contributed by atoms with Gasteiger partial charge in [-0.25, -0.2) is 0 Å². The first kappa shape index (κ1) is 15.5. The Morgan fingerprint density at radius 2 is 1.43 bits per heavy atom. The van der Waals surface area contributed by atoms with Crippen LogP contribution in [0.25, 0.3) is 22.4 Å². The molecule has 23 heavy (non-hydrogen) atoms. The third-order valence-corrected chi connectivity index (χ3v) is 4.38. The molecular weight excluding hydrogens is 278 g/mol. The summed E-state index contributed by atoms with van der Waals surface area (Å²) in [5.74, 6) is 0.513. The number of aromatic nitrogens is 1. The molecule has 0 unspecified atom stereocenters. The molecule has 0 radical (unpaired) electrons. The zero-order chi connectivity index (χ0) is 16.4. The Morgan fingerprint density at radius 3 is 2.13 bits per heavy atom. The van der Waals surface area contributed by atoms with E-state index in [2.05, 4.69) is 87.3 Å². The van der Waals surface area contributed by atoms with E-state index in [-0.39, 0.29) is 0 Å². The fourth-order valence-corrected chi connectivity index (χ4v) is 3.07. The lowest BCUT2D eigenvalue weighted by molar-refractivity contribution is 0.864. The smallest absolute Gasteiger partial charge is 0.0705 e. The van der Waals surface area contributed by atoms with E-state index in [0.717, 1.165) is 5.69 Å². The van der Waals surface area contributed by atoms with Crippen LogP contribution in [0.15, 0.2) is 60.8 Å². The molecule has 1 nitrogen and oxygen atoms in total. The predicted octanol–water partition coefficient (Wildman–Crippen LogP) is 6.16. The van der Waals surface area contributed by atoms with Crippen LogP contribution in [0.4, 0.5) is 0 Å². The molecule has 0 aliphatic heterocycles. The van der Waals surface area contributed by atoms with Crippen LogP contribution >= 0.6 is 0 Å². The van der Waals surface area contributed by atoms with Crippen molar-refractivity contribution in [3.63, 3.8) is 0 Å². The van der Waals surface area contributed by atoms with Crippen molar-refractivity contribution in [1.29, 1.82) is 0 Å². The van der Waals surface area contributed by atoms with E-state index in [1.165, 1.54) is 33.4 Å². The lowest BCUT2D eigenvalue weighted by Gasteiger charge is -2.12. The Kier molecular flexibility index (Phi) is 4.29. The minimum atomic E-state index is 0.513. The van der Waals surface area contributed by atoms with Crippen LogP contribution in [-0.4, -0.2) is 4.98 Å². The molecule has 0 aliphatic carbocycles. The van der Waals surface area contributed by atoms with Gasteiger partial charge in [0, 0.05) is 11.8 Å². The van der Waals surface area contributed by atoms with Gasteiger partial charge in [0.25, 0.3) is 0 Å². The standard InChI is InChI=1S/C22H23N/c1-15(2)18-11-12-23-21(14-18)19-9-6-10-20(13-19)22-16(3)7-5-8-17(22)4/h5-15H,1-4H3. The second-order valence-corrected chi connectivity index (χ2v) is 6.48. The molecule has 0 atom stereocenters. The highest BCUT2D eigenvalue weighted by molar-refractivity contribution is 5.75. The molecule has 0 spiro atoms. The highest BCUT2D eigenvalue weighted by atomic mass is 14.7. The number of nitrogens with zero attached hydrogens (tertiary/aromatic N) is 1. The van der Waals surface area contributed by atoms with Gasteiger partial charge < -0.3 is 0 Å². The van der Waals surface area contributed by atoms with Gasteiger partial charge in [-0.2, -0.15) is 0 Å². The van der Waals surface area contributed by atoms with Crippen molar-refractivity contribution in [2.45, 2.75) is 33.6 Å². The zero-order valence-electron chi connectivity index (χ0n) is 14.3. The van der Waals surface area contributed by atoms with Crippen LogP contribution < -0.4 is 0 Å². The number of hydrogen-bond acceptors (Lipinski definition) is 1. The monoisotopic (exact) mass is 301 g/mol. The van der Waals surface area contributed by atoms with E-state index in [9.17, 15) is 0 Å². The van der Waals surface area contributed by atoms with E-state index in [4.69, 9.17) is 0 Å². The number of pyridine rings is 1. The maximum absolute atomic E-state index is 4.57. The topological polar surface area (TPSA) is 12.9 Å². The summed E-state index contributed by atoms with van der Waals surface area (Å²) in [5, 5.41) is 0. The summed E-state index contributed by atoms with van der Waals surface area (Å²) in [6.45, 7) is 8.78. The maximum atomic E-state index is 4.57. The molecule has 1 aromatic heterocycles. The van der Waals surface area contributed by atoms with Crippen molar-refractivity contribution in [3.8, 4) is 22.4 Å². The number of aryl methyl sites for hydroxylation is 2. The Balaban J connectivity index is 2.09. The molecular formula is C22H23N. The summed E-state index contributed by atoms with van der Waals surface area (Å²) in [7, 11) is 0. The Bertz CT molecular complexity index is 811. The number of benzene rings is 2. The average Bonchev–Trinajstić information content (AvgIpc) is 2.55. The summed E-state index contributed by atoms with van der Waals surface area (Å²) < 4.78 is 0.